The molecule has 1 heterocycles. The van der Waals surface area contributed by atoms with E-state index in [1.165, 1.54) is 19.1 Å². The van der Waals surface area contributed by atoms with Gasteiger partial charge in [-0.25, -0.2) is 9.67 Å². The van der Waals surface area contributed by atoms with Gasteiger partial charge in [0.15, 0.2) is 5.78 Å². The number of Topliss-reactive ketones (excluding diaryl/α,β-unsaturated/α-hetero) is 1. The molecule has 0 radical (unpaired) electrons. The Morgan fingerprint density at radius 2 is 2.05 bits per heavy atom. The maximum atomic E-state index is 11.5. The Balaban J connectivity index is 2.61. The van der Waals surface area contributed by atoms with Crippen LogP contribution >= 0.6 is 0 Å². The average molecular weight is 260 g/mol. The lowest BCUT2D eigenvalue weighted by Crippen LogP contribution is -2.05. The molecular formula is C12H12N4O3. The SMILES string of the molecule is CC(=O)c1cc(-n2nc(C)nc2C)ccc1[N+](=O)[O-]. The van der Waals surface area contributed by atoms with Crippen LogP contribution in [0.15, 0.2) is 18.2 Å². The molecule has 0 N–H and O–H groups in total. The topological polar surface area (TPSA) is 90.9 Å². The van der Waals surface area contributed by atoms with E-state index in [4.69, 9.17) is 0 Å². The molecule has 0 aliphatic rings. The van der Waals surface area contributed by atoms with E-state index in [-0.39, 0.29) is 17.0 Å². The zero-order chi connectivity index (χ0) is 14.2. The number of hydrogen-bond acceptors (Lipinski definition) is 5. The van der Waals surface area contributed by atoms with Gasteiger partial charge < -0.3 is 0 Å². The molecule has 7 heteroatoms. The van der Waals surface area contributed by atoms with Crippen LogP contribution in [0.5, 0.6) is 0 Å². The Bertz CT molecular complexity index is 676. The van der Waals surface area contributed by atoms with Crippen molar-refractivity contribution in [3.8, 4) is 5.69 Å². The Labute approximate surface area is 109 Å². The van der Waals surface area contributed by atoms with E-state index in [9.17, 15) is 14.9 Å². The number of carbonyl (C=O) groups is 1. The average Bonchev–Trinajstić information content (AvgIpc) is 2.67. The number of nitro benzene ring substituents is 1. The molecule has 0 aliphatic carbocycles. The second kappa shape index (κ2) is 4.60. The quantitative estimate of drug-likeness (QED) is 0.478. The smallest absolute Gasteiger partial charge is 0.280 e. The highest BCUT2D eigenvalue weighted by atomic mass is 16.6. The van der Waals surface area contributed by atoms with E-state index in [0.29, 0.717) is 17.3 Å². The molecule has 0 spiro atoms. The molecule has 98 valence electrons. The standard InChI is InChI=1S/C12H12N4O3/c1-7(17)11-6-10(4-5-12(11)16(18)19)15-9(3)13-8(2)14-15/h4-6H,1-3H3. The van der Waals surface area contributed by atoms with Crippen molar-refractivity contribution in [3.05, 3.63) is 45.5 Å². The van der Waals surface area contributed by atoms with Crippen LogP contribution in [0.3, 0.4) is 0 Å². The van der Waals surface area contributed by atoms with Gasteiger partial charge in [0.2, 0.25) is 0 Å². The largest absolute Gasteiger partial charge is 0.294 e. The lowest BCUT2D eigenvalue weighted by Gasteiger charge is -2.05. The van der Waals surface area contributed by atoms with E-state index >= 15 is 0 Å². The van der Waals surface area contributed by atoms with Crippen molar-refractivity contribution >= 4 is 11.5 Å². The molecule has 0 fully saturated rings. The van der Waals surface area contributed by atoms with Gasteiger partial charge in [0.25, 0.3) is 5.69 Å². The highest BCUT2D eigenvalue weighted by Gasteiger charge is 2.19. The van der Waals surface area contributed by atoms with Crippen LogP contribution in [0.1, 0.15) is 28.9 Å². The first kappa shape index (κ1) is 12.9. The number of ketones is 1. The van der Waals surface area contributed by atoms with Crippen LogP contribution in [-0.4, -0.2) is 25.5 Å². The van der Waals surface area contributed by atoms with Crippen LogP contribution in [0.25, 0.3) is 5.69 Å². The summed E-state index contributed by atoms with van der Waals surface area (Å²) in [6.07, 6.45) is 0. The van der Waals surface area contributed by atoms with Gasteiger partial charge in [-0.3, -0.25) is 14.9 Å². The van der Waals surface area contributed by atoms with Gasteiger partial charge in [0.1, 0.15) is 11.6 Å². The van der Waals surface area contributed by atoms with Crippen molar-refractivity contribution in [1.82, 2.24) is 14.8 Å². The molecule has 0 saturated carbocycles. The summed E-state index contributed by atoms with van der Waals surface area (Å²) in [6.45, 7) is 4.82. The van der Waals surface area contributed by atoms with E-state index in [1.54, 1.807) is 24.6 Å². The predicted molar refractivity (Wildman–Crippen MR) is 67.5 cm³/mol. The summed E-state index contributed by atoms with van der Waals surface area (Å²) >= 11 is 0. The van der Waals surface area contributed by atoms with Gasteiger partial charge in [0.05, 0.1) is 16.2 Å². The van der Waals surface area contributed by atoms with Crippen LogP contribution in [0.4, 0.5) is 5.69 Å². The van der Waals surface area contributed by atoms with Crippen LogP contribution < -0.4 is 0 Å². The molecule has 19 heavy (non-hydrogen) atoms. The Hall–Kier alpha value is -2.57. The van der Waals surface area contributed by atoms with Gasteiger partial charge in [-0.1, -0.05) is 0 Å². The number of benzene rings is 1. The third-order valence-corrected chi connectivity index (χ3v) is 2.68. The summed E-state index contributed by atoms with van der Waals surface area (Å²) in [6, 6.07) is 4.32. The van der Waals surface area contributed by atoms with Crippen molar-refractivity contribution in [2.75, 3.05) is 0 Å². The van der Waals surface area contributed by atoms with Crippen LogP contribution in [-0.2, 0) is 0 Å². The Kier molecular flexibility index (Phi) is 3.12. The predicted octanol–water partition coefficient (Wildman–Crippen LogP) is 1.99. The molecular weight excluding hydrogens is 248 g/mol. The van der Waals surface area contributed by atoms with Crippen molar-refractivity contribution in [3.63, 3.8) is 0 Å². The monoisotopic (exact) mass is 260 g/mol. The third kappa shape index (κ3) is 2.35. The maximum Gasteiger partial charge on any atom is 0.280 e. The number of aromatic nitrogens is 3. The second-order valence-electron chi connectivity index (χ2n) is 4.13. The number of carbonyl (C=O) groups excluding carboxylic acids is 1. The first-order chi connectivity index (χ1) is 8.90. The van der Waals surface area contributed by atoms with Gasteiger partial charge in [-0.15, -0.1) is 0 Å². The van der Waals surface area contributed by atoms with E-state index < -0.39 is 4.92 Å². The summed E-state index contributed by atoms with van der Waals surface area (Å²) in [7, 11) is 0. The molecule has 0 aliphatic heterocycles. The molecule has 1 aromatic heterocycles. The minimum absolute atomic E-state index is 0.0649. The molecule has 0 atom stereocenters. The first-order valence-corrected chi connectivity index (χ1v) is 5.60. The molecule has 2 aromatic rings. The normalized spacial score (nSPS) is 10.5. The number of aryl methyl sites for hydroxylation is 2. The first-order valence-electron chi connectivity index (χ1n) is 5.60. The zero-order valence-corrected chi connectivity index (χ0v) is 10.7. The summed E-state index contributed by atoms with van der Waals surface area (Å²) in [5.41, 5.74) is 0.440. The highest BCUT2D eigenvalue weighted by molar-refractivity contribution is 5.98. The molecule has 7 nitrogen and oxygen atoms in total. The molecule has 0 amide bonds. The van der Waals surface area contributed by atoms with E-state index in [2.05, 4.69) is 10.1 Å². The number of nitrogens with zero attached hydrogens (tertiary/aromatic N) is 4. The third-order valence-electron chi connectivity index (χ3n) is 2.68. The Morgan fingerprint density at radius 3 is 2.53 bits per heavy atom. The summed E-state index contributed by atoms with van der Waals surface area (Å²) < 4.78 is 1.55. The van der Waals surface area contributed by atoms with E-state index in [1.807, 2.05) is 0 Å². The minimum atomic E-state index is -0.569. The van der Waals surface area contributed by atoms with Gasteiger partial charge >= 0.3 is 0 Å². The van der Waals surface area contributed by atoms with Crippen LogP contribution in [0.2, 0.25) is 0 Å². The highest BCUT2D eigenvalue weighted by Crippen LogP contribution is 2.22. The molecule has 0 saturated heterocycles. The number of hydrogen-bond donors (Lipinski definition) is 0. The minimum Gasteiger partial charge on any atom is -0.294 e. The van der Waals surface area contributed by atoms with Crippen molar-refractivity contribution in [2.45, 2.75) is 20.8 Å². The second-order valence-corrected chi connectivity index (χ2v) is 4.13. The molecule has 1 aromatic carbocycles. The molecule has 2 rings (SSSR count). The van der Waals surface area contributed by atoms with Gasteiger partial charge in [-0.2, -0.15) is 5.10 Å². The fourth-order valence-corrected chi connectivity index (χ4v) is 1.86. The van der Waals surface area contributed by atoms with Gasteiger partial charge in [-0.05, 0) is 32.9 Å². The van der Waals surface area contributed by atoms with Crippen molar-refractivity contribution in [2.24, 2.45) is 0 Å². The fraction of sp³-hybridized carbons (Fsp3) is 0.250. The summed E-state index contributed by atoms with van der Waals surface area (Å²) in [5, 5.41) is 15.0. The van der Waals surface area contributed by atoms with Crippen molar-refractivity contribution in [1.29, 1.82) is 0 Å². The lowest BCUT2D eigenvalue weighted by molar-refractivity contribution is -0.385. The maximum absolute atomic E-state index is 11.5. The van der Waals surface area contributed by atoms with Crippen LogP contribution in [0, 0.1) is 24.0 Å². The lowest BCUT2D eigenvalue weighted by atomic mass is 10.1. The summed E-state index contributed by atoms with van der Waals surface area (Å²) in [4.78, 5) is 25.9. The molecule has 0 bridgehead atoms. The van der Waals surface area contributed by atoms with E-state index in [0.717, 1.165) is 0 Å². The molecule has 0 unspecified atom stereocenters. The number of rotatable bonds is 3. The number of nitro groups is 1. The van der Waals surface area contributed by atoms with Crippen molar-refractivity contribution < 1.29 is 9.72 Å². The summed E-state index contributed by atoms with van der Waals surface area (Å²) in [5.74, 6) is 0.893. The Morgan fingerprint density at radius 1 is 1.37 bits per heavy atom. The zero-order valence-electron chi connectivity index (χ0n) is 10.7. The fourth-order valence-electron chi connectivity index (χ4n) is 1.86. The van der Waals surface area contributed by atoms with Gasteiger partial charge in [0, 0.05) is 6.07 Å².